The van der Waals surface area contributed by atoms with Gasteiger partial charge in [0.1, 0.15) is 0 Å². The largest absolute Gasteiger partial charge is 0.383 e. The second-order valence-corrected chi connectivity index (χ2v) is 7.36. The van der Waals surface area contributed by atoms with Crippen LogP contribution in [0, 0.1) is 6.92 Å². The minimum Gasteiger partial charge on any atom is -0.383 e. The van der Waals surface area contributed by atoms with E-state index in [-0.39, 0.29) is 17.0 Å². The van der Waals surface area contributed by atoms with Crippen molar-refractivity contribution in [1.29, 1.82) is 0 Å². The second kappa shape index (κ2) is 6.69. The van der Waals surface area contributed by atoms with Crippen molar-refractivity contribution in [3.8, 4) is 11.3 Å². The van der Waals surface area contributed by atoms with Crippen molar-refractivity contribution < 1.29 is 13.2 Å². The maximum Gasteiger partial charge on any atom is 0.269 e. The molecule has 1 N–H and O–H groups in total. The number of sulfonamides is 1. The van der Waals surface area contributed by atoms with Crippen molar-refractivity contribution in [3.63, 3.8) is 0 Å². The summed E-state index contributed by atoms with van der Waals surface area (Å²) in [4.78, 5) is 12.0. The highest BCUT2D eigenvalue weighted by molar-refractivity contribution is 7.89. The SMILES string of the molecule is COCCN(C)S(=O)(=O)c1ccc(-c2[nH]n(C)c(=O)c2C)cc1. The first-order valence-electron chi connectivity index (χ1n) is 7.10. The number of hydrogen-bond acceptors (Lipinski definition) is 4. The number of aryl methyl sites for hydroxylation is 1. The van der Waals surface area contributed by atoms with Gasteiger partial charge in [-0.25, -0.2) is 8.42 Å². The summed E-state index contributed by atoms with van der Waals surface area (Å²) in [5.74, 6) is 0. The molecule has 0 aliphatic heterocycles. The molecule has 0 fully saturated rings. The number of nitrogens with one attached hydrogen (secondary N) is 1. The van der Waals surface area contributed by atoms with E-state index in [1.54, 1.807) is 38.2 Å². The van der Waals surface area contributed by atoms with Crippen LogP contribution in [0.25, 0.3) is 11.3 Å². The van der Waals surface area contributed by atoms with Gasteiger partial charge in [0.2, 0.25) is 10.0 Å². The molecule has 0 bridgehead atoms. The van der Waals surface area contributed by atoms with Crippen LogP contribution in [0.3, 0.4) is 0 Å². The molecule has 0 saturated carbocycles. The zero-order valence-corrected chi connectivity index (χ0v) is 14.5. The lowest BCUT2D eigenvalue weighted by Gasteiger charge is -2.16. The highest BCUT2D eigenvalue weighted by Crippen LogP contribution is 2.22. The molecule has 1 aromatic heterocycles. The van der Waals surface area contributed by atoms with Crippen LogP contribution in [0.5, 0.6) is 0 Å². The zero-order valence-electron chi connectivity index (χ0n) is 13.7. The van der Waals surface area contributed by atoms with Crippen molar-refractivity contribution in [2.75, 3.05) is 27.3 Å². The van der Waals surface area contributed by atoms with Gasteiger partial charge in [-0.3, -0.25) is 14.6 Å². The fourth-order valence-corrected chi connectivity index (χ4v) is 3.41. The van der Waals surface area contributed by atoms with Crippen molar-refractivity contribution in [1.82, 2.24) is 14.1 Å². The summed E-state index contributed by atoms with van der Waals surface area (Å²) in [6.07, 6.45) is 0. The third-order valence-corrected chi connectivity index (χ3v) is 5.61. The Hall–Kier alpha value is -1.90. The number of likely N-dealkylation sites (N-methyl/N-ethyl adjacent to an activating group) is 1. The summed E-state index contributed by atoms with van der Waals surface area (Å²) in [5, 5.41) is 2.97. The lowest BCUT2D eigenvalue weighted by molar-refractivity contribution is 0.185. The maximum atomic E-state index is 12.4. The van der Waals surface area contributed by atoms with Gasteiger partial charge in [0.25, 0.3) is 5.56 Å². The Morgan fingerprint density at radius 1 is 1.26 bits per heavy atom. The van der Waals surface area contributed by atoms with Crippen LogP contribution < -0.4 is 5.56 Å². The minimum absolute atomic E-state index is 0.101. The summed E-state index contributed by atoms with van der Waals surface area (Å²) in [6.45, 7) is 2.35. The molecular weight excluding hydrogens is 318 g/mol. The van der Waals surface area contributed by atoms with E-state index in [0.29, 0.717) is 17.9 Å². The molecule has 0 aliphatic rings. The molecule has 0 unspecified atom stereocenters. The van der Waals surface area contributed by atoms with Gasteiger partial charge in [-0.2, -0.15) is 4.31 Å². The lowest BCUT2D eigenvalue weighted by Crippen LogP contribution is -2.30. The third kappa shape index (κ3) is 3.39. The fraction of sp³-hybridized carbons (Fsp3) is 0.400. The summed E-state index contributed by atoms with van der Waals surface area (Å²) in [6, 6.07) is 6.46. The van der Waals surface area contributed by atoms with Crippen LogP contribution >= 0.6 is 0 Å². The molecule has 7 nitrogen and oxygen atoms in total. The third-order valence-electron chi connectivity index (χ3n) is 3.74. The van der Waals surface area contributed by atoms with Gasteiger partial charge in [0.05, 0.1) is 17.2 Å². The van der Waals surface area contributed by atoms with E-state index < -0.39 is 10.0 Å². The maximum absolute atomic E-state index is 12.4. The monoisotopic (exact) mass is 339 g/mol. The van der Waals surface area contributed by atoms with E-state index in [9.17, 15) is 13.2 Å². The van der Waals surface area contributed by atoms with E-state index >= 15 is 0 Å². The number of aromatic nitrogens is 2. The Balaban J connectivity index is 2.32. The second-order valence-electron chi connectivity index (χ2n) is 5.32. The van der Waals surface area contributed by atoms with Gasteiger partial charge in [0, 0.05) is 33.3 Å². The fourth-order valence-electron chi connectivity index (χ4n) is 2.26. The van der Waals surface area contributed by atoms with Gasteiger partial charge in [-0.15, -0.1) is 0 Å². The average Bonchev–Trinajstić information content (AvgIpc) is 2.80. The number of hydrogen-bond donors (Lipinski definition) is 1. The molecule has 1 heterocycles. The predicted molar refractivity (Wildman–Crippen MR) is 87.9 cm³/mol. The van der Waals surface area contributed by atoms with Crippen LogP contribution in [-0.2, 0) is 21.8 Å². The number of nitrogens with zero attached hydrogens (tertiary/aromatic N) is 2. The first kappa shape index (κ1) is 17.5. The van der Waals surface area contributed by atoms with Crippen molar-refractivity contribution in [2.24, 2.45) is 7.05 Å². The number of aromatic amines is 1. The predicted octanol–water partition coefficient (Wildman–Crippen LogP) is 0.956. The number of rotatable bonds is 6. The number of methoxy groups -OCH3 is 1. The molecule has 0 atom stereocenters. The highest BCUT2D eigenvalue weighted by atomic mass is 32.2. The Morgan fingerprint density at radius 3 is 2.35 bits per heavy atom. The van der Waals surface area contributed by atoms with E-state index in [1.807, 2.05) is 0 Å². The average molecular weight is 339 g/mol. The first-order chi connectivity index (χ1) is 10.8. The summed E-state index contributed by atoms with van der Waals surface area (Å²) < 4.78 is 32.4. The van der Waals surface area contributed by atoms with Crippen LogP contribution in [-0.4, -0.2) is 49.8 Å². The molecule has 0 amide bonds. The van der Waals surface area contributed by atoms with Gasteiger partial charge < -0.3 is 4.74 Å². The smallest absolute Gasteiger partial charge is 0.269 e. The van der Waals surface area contributed by atoms with Crippen molar-refractivity contribution >= 4 is 10.0 Å². The summed E-state index contributed by atoms with van der Waals surface area (Å²) >= 11 is 0. The molecule has 23 heavy (non-hydrogen) atoms. The molecule has 1 aromatic carbocycles. The van der Waals surface area contributed by atoms with Crippen LogP contribution in [0.4, 0.5) is 0 Å². The van der Waals surface area contributed by atoms with E-state index in [4.69, 9.17) is 4.74 Å². The number of ether oxygens (including phenoxy) is 1. The number of benzene rings is 1. The Bertz CT molecular complexity index is 835. The Labute approximate surface area is 135 Å². The van der Waals surface area contributed by atoms with Crippen molar-refractivity contribution in [2.45, 2.75) is 11.8 Å². The standard InChI is InChI=1S/C15H21N3O4S/c1-11-14(16-18(3)15(11)19)12-5-7-13(8-6-12)23(20,21)17(2)9-10-22-4/h5-8,16H,9-10H2,1-4H3. The molecule has 8 heteroatoms. The molecule has 2 aromatic rings. The van der Waals surface area contributed by atoms with Gasteiger partial charge in [-0.05, 0) is 24.6 Å². The van der Waals surface area contributed by atoms with Crippen LogP contribution in [0.15, 0.2) is 34.0 Å². The van der Waals surface area contributed by atoms with Crippen LogP contribution in [0.1, 0.15) is 5.56 Å². The van der Waals surface area contributed by atoms with E-state index in [1.165, 1.54) is 23.1 Å². The molecule has 0 spiro atoms. The Kier molecular flexibility index (Phi) is 5.08. The molecular formula is C15H21N3O4S. The molecule has 0 radical (unpaired) electrons. The molecule has 0 aliphatic carbocycles. The van der Waals surface area contributed by atoms with Gasteiger partial charge in [0.15, 0.2) is 0 Å². The number of H-pyrrole nitrogens is 1. The highest BCUT2D eigenvalue weighted by Gasteiger charge is 2.20. The normalized spacial score (nSPS) is 12.0. The van der Waals surface area contributed by atoms with Gasteiger partial charge in [-0.1, -0.05) is 12.1 Å². The topological polar surface area (TPSA) is 84.4 Å². The first-order valence-corrected chi connectivity index (χ1v) is 8.54. The lowest BCUT2D eigenvalue weighted by atomic mass is 10.1. The van der Waals surface area contributed by atoms with Crippen LogP contribution in [0.2, 0.25) is 0 Å². The zero-order chi connectivity index (χ0) is 17.2. The molecule has 0 saturated heterocycles. The van der Waals surface area contributed by atoms with E-state index in [2.05, 4.69) is 5.10 Å². The quantitative estimate of drug-likeness (QED) is 0.849. The summed E-state index contributed by atoms with van der Waals surface area (Å²) in [7, 11) is 1.14. The minimum atomic E-state index is -3.55. The Morgan fingerprint density at radius 2 is 1.87 bits per heavy atom. The molecule has 126 valence electrons. The van der Waals surface area contributed by atoms with E-state index in [0.717, 1.165) is 5.56 Å². The van der Waals surface area contributed by atoms with Crippen molar-refractivity contribution in [3.05, 3.63) is 40.2 Å². The summed E-state index contributed by atoms with van der Waals surface area (Å²) in [5.41, 5.74) is 1.95. The van der Waals surface area contributed by atoms with Gasteiger partial charge >= 0.3 is 0 Å². The molecule has 2 rings (SSSR count).